The highest BCUT2D eigenvalue weighted by molar-refractivity contribution is 7.92. The third-order valence-corrected chi connectivity index (χ3v) is 6.34. The average molecular weight is 482 g/mol. The molecule has 11 heteroatoms. The van der Waals surface area contributed by atoms with Crippen molar-refractivity contribution in [2.75, 3.05) is 23.3 Å². The summed E-state index contributed by atoms with van der Waals surface area (Å²) in [7, 11) is -3.09. The minimum Gasteiger partial charge on any atom is -0.497 e. The molecule has 0 bridgehead atoms. The number of hydrogen-bond donors (Lipinski definition) is 1. The average Bonchev–Trinajstić information content (AvgIpc) is 2.77. The van der Waals surface area contributed by atoms with Crippen LogP contribution in [0.4, 0.5) is 28.9 Å². The summed E-state index contributed by atoms with van der Waals surface area (Å²) in [5, 5.41) is 2.07. The van der Waals surface area contributed by atoms with E-state index in [0.29, 0.717) is 10.1 Å². The van der Waals surface area contributed by atoms with Crippen molar-refractivity contribution in [3.8, 4) is 5.75 Å². The maximum atomic E-state index is 14.5. The van der Waals surface area contributed by atoms with Gasteiger partial charge in [-0.3, -0.25) is 9.10 Å². The van der Waals surface area contributed by atoms with E-state index in [1.165, 1.54) is 49.6 Å². The van der Waals surface area contributed by atoms with Crippen molar-refractivity contribution in [3.05, 3.63) is 84.2 Å². The predicted octanol–water partition coefficient (Wildman–Crippen LogP) is 4.69. The second kappa shape index (κ2) is 9.49. The number of amides is 1. The molecule has 0 aromatic heterocycles. The van der Waals surface area contributed by atoms with E-state index in [4.69, 9.17) is 4.74 Å². The molecule has 3 rings (SSSR count). The molecule has 33 heavy (non-hydrogen) atoms. The van der Waals surface area contributed by atoms with E-state index < -0.39 is 51.4 Å². The van der Waals surface area contributed by atoms with Gasteiger partial charge in [0.2, 0.25) is 5.91 Å². The molecule has 3 aromatic rings. The molecule has 3 aromatic carbocycles. The van der Waals surface area contributed by atoms with E-state index in [0.717, 1.165) is 30.3 Å². The quantitative estimate of drug-likeness (QED) is 0.496. The molecule has 0 atom stereocenters. The van der Waals surface area contributed by atoms with Crippen molar-refractivity contribution in [2.45, 2.75) is 11.1 Å². The van der Waals surface area contributed by atoms with Crippen molar-refractivity contribution in [1.82, 2.24) is 0 Å². The molecule has 0 heterocycles. The third-order valence-electron chi connectivity index (χ3n) is 4.56. The molecule has 1 N–H and O–H groups in total. The second-order valence-electron chi connectivity index (χ2n) is 6.73. The minimum absolute atomic E-state index is 0.268. The number of para-hydroxylation sites is 2. The van der Waals surface area contributed by atoms with Gasteiger partial charge in [0.15, 0.2) is 0 Å². The highest BCUT2D eigenvalue weighted by atomic mass is 32.2. The predicted molar refractivity (Wildman–Crippen MR) is 114 cm³/mol. The Kier molecular flexibility index (Phi) is 6.92. The van der Waals surface area contributed by atoms with E-state index in [9.17, 15) is 30.8 Å². The molecule has 6 nitrogen and oxygen atoms in total. The van der Waals surface area contributed by atoms with Crippen LogP contribution in [-0.2, 0) is 21.0 Å². The van der Waals surface area contributed by atoms with Crippen LogP contribution >= 0.6 is 0 Å². The molecule has 0 unspecified atom stereocenters. The lowest BCUT2D eigenvalue weighted by Gasteiger charge is -2.25. The first-order chi connectivity index (χ1) is 15.5. The molecular formula is C22H18F4N2O4S. The van der Waals surface area contributed by atoms with Gasteiger partial charge in [-0.15, -0.1) is 0 Å². The highest BCUT2D eigenvalue weighted by Crippen LogP contribution is 2.35. The van der Waals surface area contributed by atoms with Gasteiger partial charge in [-0.05, 0) is 48.5 Å². The number of sulfonamides is 1. The fourth-order valence-electron chi connectivity index (χ4n) is 2.99. The van der Waals surface area contributed by atoms with Gasteiger partial charge in [-0.1, -0.05) is 24.3 Å². The fraction of sp³-hybridized carbons (Fsp3) is 0.136. The Bertz CT molecular complexity index is 1250. The van der Waals surface area contributed by atoms with Crippen LogP contribution < -0.4 is 14.4 Å². The first-order valence-corrected chi connectivity index (χ1v) is 10.9. The Morgan fingerprint density at radius 2 is 1.58 bits per heavy atom. The van der Waals surface area contributed by atoms with Crippen LogP contribution in [0.3, 0.4) is 0 Å². The van der Waals surface area contributed by atoms with Crippen LogP contribution in [0, 0.1) is 5.82 Å². The summed E-state index contributed by atoms with van der Waals surface area (Å²) in [6.07, 6.45) is -4.75. The number of benzene rings is 3. The number of methoxy groups -OCH3 is 1. The molecule has 0 spiro atoms. The molecule has 0 radical (unpaired) electrons. The van der Waals surface area contributed by atoms with Gasteiger partial charge < -0.3 is 10.1 Å². The molecule has 0 saturated heterocycles. The van der Waals surface area contributed by atoms with Gasteiger partial charge in [0.1, 0.15) is 18.1 Å². The maximum Gasteiger partial charge on any atom is 0.418 e. The number of ether oxygens (including phenoxy) is 1. The molecule has 174 valence electrons. The van der Waals surface area contributed by atoms with E-state index in [2.05, 4.69) is 5.32 Å². The number of alkyl halides is 3. The number of carbonyl (C=O) groups excluding carboxylic acids is 1. The molecule has 1 amide bonds. The monoisotopic (exact) mass is 482 g/mol. The van der Waals surface area contributed by atoms with Crippen molar-refractivity contribution < 1.29 is 35.5 Å². The fourth-order valence-corrected chi connectivity index (χ4v) is 4.42. The zero-order valence-corrected chi connectivity index (χ0v) is 18.0. The van der Waals surface area contributed by atoms with Crippen LogP contribution in [0.1, 0.15) is 5.56 Å². The van der Waals surface area contributed by atoms with Crippen LogP contribution in [0.25, 0.3) is 0 Å². The van der Waals surface area contributed by atoms with Gasteiger partial charge >= 0.3 is 6.18 Å². The molecule has 0 aliphatic rings. The van der Waals surface area contributed by atoms with Gasteiger partial charge in [-0.2, -0.15) is 13.2 Å². The summed E-state index contributed by atoms with van der Waals surface area (Å²) in [6.45, 7) is -0.971. The highest BCUT2D eigenvalue weighted by Gasteiger charge is 2.34. The lowest BCUT2D eigenvalue weighted by Crippen LogP contribution is -2.38. The van der Waals surface area contributed by atoms with Gasteiger partial charge in [-0.25, -0.2) is 12.8 Å². The Hall–Kier alpha value is -3.60. The van der Waals surface area contributed by atoms with E-state index in [1.807, 2.05) is 0 Å². The summed E-state index contributed by atoms with van der Waals surface area (Å²) < 4.78 is 86.2. The molecular weight excluding hydrogens is 464 g/mol. The summed E-state index contributed by atoms with van der Waals surface area (Å²) >= 11 is 0. The van der Waals surface area contributed by atoms with Crippen molar-refractivity contribution >= 4 is 27.3 Å². The third kappa shape index (κ3) is 5.43. The second-order valence-corrected chi connectivity index (χ2v) is 8.59. The normalized spacial score (nSPS) is 11.7. The van der Waals surface area contributed by atoms with E-state index in [1.54, 1.807) is 0 Å². The van der Waals surface area contributed by atoms with E-state index in [-0.39, 0.29) is 4.90 Å². The number of nitrogens with one attached hydrogen (secondary N) is 1. The Morgan fingerprint density at radius 3 is 2.18 bits per heavy atom. The standard InChI is InChI=1S/C22H18F4N2O4S/c1-32-15-10-12-16(13-11-15)33(30,31)28(20-9-5-3-7-18(20)23)14-21(29)27-19-8-4-2-6-17(19)22(24,25)26/h2-13H,14H2,1H3,(H,27,29). The summed E-state index contributed by atoms with van der Waals surface area (Å²) in [6, 6.07) is 14.2. The number of hydrogen-bond acceptors (Lipinski definition) is 4. The summed E-state index contributed by atoms with van der Waals surface area (Å²) in [5.41, 5.74) is -2.09. The number of anilines is 2. The number of rotatable bonds is 7. The number of halogens is 4. The smallest absolute Gasteiger partial charge is 0.418 e. The van der Waals surface area contributed by atoms with Gasteiger partial charge in [0.25, 0.3) is 10.0 Å². The minimum atomic E-state index is -4.75. The van der Waals surface area contributed by atoms with Crippen LogP contribution in [0.15, 0.2) is 77.7 Å². The van der Waals surface area contributed by atoms with Crippen molar-refractivity contribution in [1.29, 1.82) is 0 Å². The van der Waals surface area contributed by atoms with Gasteiger partial charge in [0, 0.05) is 0 Å². The SMILES string of the molecule is COc1ccc(S(=O)(=O)N(CC(=O)Nc2ccccc2C(F)(F)F)c2ccccc2F)cc1. The zero-order chi connectivity index (χ0) is 24.2. The molecule has 0 aliphatic heterocycles. The summed E-state index contributed by atoms with van der Waals surface area (Å²) in [5.74, 6) is -1.65. The van der Waals surface area contributed by atoms with E-state index >= 15 is 0 Å². The number of nitrogens with zero attached hydrogens (tertiary/aromatic N) is 1. The lowest BCUT2D eigenvalue weighted by molar-refractivity contribution is -0.137. The van der Waals surface area contributed by atoms with Crippen LogP contribution in [0.2, 0.25) is 0 Å². The zero-order valence-electron chi connectivity index (χ0n) is 17.1. The lowest BCUT2D eigenvalue weighted by atomic mass is 10.1. The van der Waals surface area contributed by atoms with Crippen LogP contribution in [-0.4, -0.2) is 28.0 Å². The van der Waals surface area contributed by atoms with Crippen molar-refractivity contribution in [3.63, 3.8) is 0 Å². The Balaban J connectivity index is 1.98. The topological polar surface area (TPSA) is 75.7 Å². The largest absolute Gasteiger partial charge is 0.497 e. The van der Waals surface area contributed by atoms with Gasteiger partial charge in [0.05, 0.1) is 28.9 Å². The van der Waals surface area contributed by atoms with Crippen molar-refractivity contribution in [2.24, 2.45) is 0 Å². The molecule has 0 fully saturated rings. The van der Waals surface area contributed by atoms with Crippen LogP contribution in [0.5, 0.6) is 5.75 Å². The Morgan fingerprint density at radius 1 is 0.970 bits per heavy atom. The first-order valence-electron chi connectivity index (χ1n) is 9.41. The Labute approximate surface area is 187 Å². The number of carbonyl (C=O) groups is 1. The first kappa shape index (κ1) is 24.1. The molecule has 0 aliphatic carbocycles. The summed E-state index contributed by atoms with van der Waals surface area (Å²) in [4.78, 5) is 12.4. The maximum absolute atomic E-state index is 14.5. The molecule has 0 saturated carbocycles.